The van der Waals surface area contributed by atoms with Gasteiger partial charge in [-0.2, -0.15) is 0 Å². The number of rotatable bonds is 5. The van der Waals surface area contributed by atoms with E-state index in [1.807, 2.05) is 12.1 Å². The molecule has 0 saturated carbocycles. The van der Waals surface area contributed by atoms with Gasteiger partial charge in [0.2, 0.25) is 0 Å². The summed E-state index contributed by atoms with van der Waals surface area (Å²) in [5.41, 5.74) is 9.36. The molecule has 3 aromatic heterocycles. The summed E-state index contributed by atoms with van der Waals surface area (Å²) in [5, 5.41) is 9.22. The number of furan rings is 1. The summed E-state index contributed by atoms with van der Waals surface area (Å²) in [6.07, 6.45) is 0. The average molecular weight is 758 g/mol. The molecule has 0 aliphatic rings. The minimum Gasteiger partial charge on any atom is -0.456 e. The van der Waals surface area contributed by atoms with Crippen LogP contribution in [0.5, 0.6) is 0 Å². The lowest BCUT2D eigenvalue weighted by atomic mass is 9.94. The summed E-state index contributed by atoms with van der Waals surface area (Å²) in [6, 6.07) is 66.3. The molecule has 0 saturated heterocycles. The number of benzene rings is 9. The number of nitrogens with zero attached hydrogens (tertiary/aromatic N) is 3. The maximum atomic E-state index is 6.11. The molecule has 5 heteroatoms. The van der Waals surface area contributed by atoms with Crippen molar-refractivity contribution in [3.8, 4) is 56.4 Å². The predicted molar refractivity (Wildman–Crippen MR) is 242 cm³/mol. The molecular weight excluding hydrogens is 727 g/mol. The SMILES string of the molecule is c1ccc(-c2ccc(-c3nc(-c4ccc5cc(-c6ccc7oc8ccccc8c7c6)ccc5c4)nc(-c4cccc5c4sc4ccccc45)n3)c3ccccc23)cc1. The second-order valence-corrected chi connectivity index (χ2v) is 15.8. The molecule has 0 bridgehead atoms. The van der Waals surface area contributed by atoms with Crippen LogP contribution in [0.4, 0.5) is 0 Å². The molecule has 0 aliphatic carbocycles. The smallest absolute Gasteiger partial charge is 0.165 e. The Bertz CT molecular complexity index is 3590. The monoisotopic (exact) mass is 757 g/mol. The lowest BCUT2D eigenvalue weighted by molar-refractivity contribution is 0.669. The van der Waals surface area contributed by atoms with E-state index in [1.54, 1.807) is 11.3 Å². The van der Waals surface area contributed by atoms with Crippen molar-refractivity contribution in [2.45, 2.75) is 0 Å². The fourth-order valence-corrected chi connectivity index (χ4v) is 9.71. The van der Waals surface area contributed by atoms with Crippen molar-refractivity contribution in [2.75, 3.05) is 0 Å². The van der Waals surface area contributed by atoms with Crippen molar-refractivity contribution in [1.29, 1.82) is 0 Å². The zero-order valence-corrected chi connectivity index (χ0v) is 31.9. The Kier molecular flexibility index (Phi) is 7.37. The van der Waals surface area contributed by atoms with E-state index in [0.717, 1.165) is 71.3 Å². The van der Waals surface area contributed by atoms with E-state index in [4.69, 9.17) is 19.4 Å². The molecular formula is C53H31N3OS. The quantitative estimate of drug-likeness (QED) is 0.175. The lowest BCUT2D eigenvalue weighted by Gasteiger charge is -2.13. The Hall–Kier alpha value is -7.47. The molecule has 3 heterocycles. The second-order valence-electron chi connectivity index (χ2n) is 14.7. The van der Waals surface area contributed by atoms with E-state index in [9.17, 15) is 0 Å². The number of fused-ring (bicyclic) bond motifs is 8. The maximum absolute atomic E-state index is 6.11. The molecule has 270 valence electrons. The third-order valence-corrected chi connectivity index (χ3v) is 12.6. The van der Waals surface area contributed by atoms with Gasteiger partial charge in [-0.1, -0.05) is 140 Å². The predicted octanol–water partition coefficient (Wildman–Crippen LogP) is 14.8. The van der Waals surface area contributed by atoms with Gasteiger partial charge in [0.15, 0.2) is 17.5 Å². The van der Waals surface area contributed by atoms with Crippen LogP contribution in [-0.4, -0.2) is 15.0 Å². The topological polar surface area (TPSA) is 51.8 Å². The van der Waals surface area contributed by atoms with E-state index < -0.39 is 0 Å². The molecule has 0 fully saturated rings. The van der Waals surface area contributed by atoms with Crippen molar-refractivity contribution >= 4 is 75.0 Å². The summed E-state index contributed by atoms with van der Waals surface area (Å²) < 4.78 is 8.52. The summed E-state index contributed by atoms with van der Waals surface area (Å²) in [4.78, 5) is 15.8. The minimum absolute atomic E-state index is 0.637. The first-order valence-corrected chi connectivity index (χ1v) is 20.2. The largest absolute Gasteiger partial charge is 0.456 e. The molecule has 58 heavy (non-hydrogen) atoms. The fourth-order valence-electron chi connectivity index (χ4n) is 8.50. The Morgan fingerprint density at radius 2 is 0.914 bits per heavy atom. The van der Waals surface area contributed by atoms with Gasteiger partial charge in [-0.3, -0.25) is 0 Å². The molecule has 12 rings (SSSR count). The van der Waals surface area contributed by atoms with Crippen LogP contribution in [0.25, 0.3) is 120 Å². The summed E-state index contributed by atoms with van der Waals surface area (Å²) >= 11 is 1.79. The lowest BCUT2D eigenvalue weighted by Crippen LogP contribution is -2.01. The van der Waals surface area contributed by atoms with Crippen LogP contribution in [0.3, 0.4) is 0 Å². The van der Waals surface area contributed by atoms with E-state index >= 15 is 0 Å². The first kappa shape index (κ1) is 32.7. The Morgan fingerprint density at radius 3 is 1.76 bits per heavy atom. The number of para-hydroxylation sites is 1. The molecule has 9 aromatic carbocycles. The van der Waals surface area contributed by atoms with Gasteiger partial charge in [-0.05, 0) is 92.3 Å². The summed E-state index contributed by atoms with van der Waals surface area (Å²) in [5.74, 6) is 1.94. The van der Waals surface area contributed by atoms with Crippen LogP contribution in [0, 0.1) is 0 Å². The van der Waals surface area contributed by atoms with E-state index in [2.05, 4.69) is 176 Å². The van der Waals surface area contributed by atoms with E-state index in [0.29, 0.717) is 17.5 Å². The number of hydrogen-bond donors (Lipinski definition) is 0. The normalized spacial score (nSPS) is 11.8. The van der Waals surface area contributed by atoms with Gasteiger partial charge in [0, 0.05) is 47.6 Å². The standard InChI is InChI=1S/C53H31N3OS/c1-2-11-32(12-3-1)38-26-27-44(40-14-5-4-13-39(38)40)52-54-51(55-53(56-52)45-18-10-17-43-42-16-7-9-20-49(42)58-50(43)45)37-24-23-33-29-34(21-22-35(33)30-37)36-25-28-48-46(31-36)41-15-6-8-19-47(41)57-48/h1-31H. The van der Waals surface area contributed by atoms with Gasteiger partial charge in [0.05, 0.1) is 0 Å². The second kappa shape index (κ2) is 13.1. The Balaban J connectivity index is 1.02. The van der Waals surface area contributed by atoms with E-state index in [1.165, 1.54) is 31.3 Å². The van der Waals surface area contributed by atoms with Crippen molar-refractivity contribution in [1.82, 2.24) is 15.0 Å². The third-order valence-electron chi connectivity index (χ3n) is 11.3. The van der Waals surface area contributed by atoms with Crippen molar-refractivity contribution in [3.63, 3.8) is 0 Å². The van der Waals surface area contributed by atoms with Gasteiger partial charge in [-0.15, -0.1) is 11.3 Å². The van der Waals surface area contributed by atoms with E-state index in [-0.39, 0.29) is 0 Å². The molecule has 12 aromatic rings. The Morgan fingerprint density at radius 1 is 0.328 bits per heavy atom. The highest BCUT2D eigenvalue weighted by Gasteiger charge is 2.19. The fraction of sp³-hybridized carbons (Fsp3) is 0. The van der Waals surface area contributed by atoms with Crippen molar-refractivity contribution in [2.24, 2.45) is 0 Å². The highest BCUT2D eigenvalue weighted by Crippen LogP contribution is 2.41. The molecule has 0 aliphatic heterocycles. The molecule has 4 nitrogen and oxygen atoms in total. The van der Waals surface area contributed by atoms with Crippen LogP contribution in [0.2, 0.25) is 0 Å². The van der Waals surface area contributed by atoms with Crippen LogP contribution < -0.4 is 0 Å². The highest BCUT2D eigenvalue weighted by molar-refractivity contribution is 7.26. The van der Waals surface area contributed by atoms with Crippen LogP contribution in [0.1, 0.15) is 0 Å². The average Bonchev–Trinajstić information content (AvgIpc) is 3.87. The van der Waals surface area contributed by atoms with Crippen molar-refractivity contribution in [3.05, 3.63) is 188 Å². The molecule has 0 radical (unpaired) electrons. The first-order chi connectivity index (χ1) is 28.7. The van der Waals surface area contributed by atoms with Crippen LogP contribution in [-0.2, 0) is 0 Å². The maximum Gasteiger partial charge on any atom is 0.165 e. The van der Waals surface area contributed by atoms with Gasteiger partial charge < -0.3 is 4.42 Å². The zero-order valence-electron chi connectivity index (χ0n) is 31.1. The molecule has 0 spiro atoms. The molecule has 0 unspecified atom stereocenters. The van der Waals surface area contributed by atoms with Gasteiger partial charge in [0.1, 0.15) is 11.2 Å². The number of hydrogen-bond acceptors (Lipinski definition) is 5. The third kappa shape index (κ3) is 5.32. The van der Waals surface area contributed by atoms with Crippen LogP contribution in [0.15, 0.2) is 192 Å². The summed E-state index contributed by atoms with van der Waals surface area (Å²) in [6.45, 7) is 0. The summed E-state index contributed by atoms with van der Waals surface area (Å²) in [7, 11) is 0. The minimum atomic E-state index is 0.637. The number of aromatic nitrogens is 3. The molecule has 0 atom stereocenters. The van der Waals surface area contributed by atoms with Gasteiger partial charge in [0.25, 0.3) is 0 Å². The first-order valence-electron chi connectivity index (χ1n) is 19.4. The zero-order chi connectivity index (χ0) is 38.2. The molecule has 0 amide bonds. The van der Waals surface area contributed by atoms with Gasteiger partial charge >= 0.3 is 0 Å². The van der Waals surface area contributed by atoms with Crippen LogP contribution >= 0.6 is 11.3 Å². The highest BCUT2D eigenvalue weighted by atomic mass is 32.1. The Labute approximate surface area is 337 Å². The van der Waals surface area contributed by atoms with Crippen molar-refractivity contribution < 1.29 is 4.42 Å². The van der Waals surface area contributed by atoms with Gasteiger partial charge in [-0.25, -0.2) is 15.0 Å². The molecule has 0 N–H and O–H groups in total. The number of thiophene rings is 1.